The summed E-state index contributed by atoms with van der Waals surface area (Å²) < 4.78 is 0.963. The summed E-state index contributed by atoms with van der Waals surface area (Å²) in [6.45, 7) is 6.52. The largest absolute Gasteiger partial charge is 0.370 e. The number of allylic oxidation sites excluding steroid dienone is 4. The Labute approximate surface area is 153 Å². The van der Waals surface area contributed by atoms with Crippen molar-refractivity contribution in [2.45, 2.75) is 33.1 Å². The second-order valence-corrected chi connectivity index (χ2v) is 6.77. The van der Waals surface area contributed by atoms with Gasteiger partial charge in [0.15, 0.2) is 0 Å². The van der Waals surface area contributed by atoms with Gasteiger partial charge in [-0.2, -0.15) is 0 Å². The number of likely N-dealkylation sites (N-methyl/N-ethyl adjacent to an activating group) is 1. The van der Waals surface area contributed by atoms with Crippen LogP contribution in [0, 0.1) is 6.92 Å². The number of aryl methyl sites for hydroxylation is 1. The first-order valence-corrected chi connectivity index (χ1v) is 9.31. The van der Waals surface area contributed by atoms with E-state index in [-0.39, 0.29) is 6.03 Å². The lowest BCUT2D eigenvalue weighted by Crippen LogP contribution is -2.40. The van der Waals surface area contributed by atoms with E-state index in [1.807, 2.05) is 6.08 Å². The first-order chi connectivity index (χ1) is 11.6. The van der Waals surface area contributed by atoms with Gasteiger partial charge >= 0.3 is 6.03 Å². The van der Waals surface area contributed by atoms with E-state index < -0.39 is 0 Å². The Balaban J connectivity index is 1.82. The molecule has 0 radical (unpaired) electrons. The third-order valence-electron chi connectivity index (χ3n) is 4.03. The van der Waals surface area contributed by atoms with Gasteiger partial charge in [0.1, 0.15) is 0 Å². The summed E-state index contributed by atoms with van der Waals surface area (Å²) >= 11 is 3.52. The number of hydrogen-bond acceptors (Lipinski definition) is 2. The summed E-state index contributed by atoms with van der Waals surface area (Å²) in [6.07, 6.45) is 7.12. The van der Waals surface area contributed by atoms with Crippen molar-refractivity contribution in [3.05, 3.63) is 52.2 Å². The van der Waals surface area contributed by atoms with Crippen LogP contribution in [-0.4, -0.2) is 25.7 Å². The van der Waals surface area contributed by atoms with Crippen LogP contribution in [0.15, 0.2) is 46.6 Å². The van der Waals surface area contributed by atoms with Crippen molar-refractivity contribution in [1.82, 2.24) is 10.6 Å². The number of halogens is 1. The summed E-state index contributed by atoms with van der Waals surface area (Å²) in [7, 11) is 0. The maximum atomic E-state index is 12.1. The number of rotatable bonds is 6. The summed E-state index contributed by atoms with van der Waals surface area (Å²) in [6, 6.07) is 8.30. The molecule has 0 heterocycles. The fourth-order valence-electron chi connectivity index (χ4n) is 2.71. The number of nitrogens with zero attached hydrogens (tertiary/aromatic N) is 1. The highest BCUT2D eigenvalue weighted by molar-refractivity contribution is 9.11. The highest BCUT2D eigenvalue weighted by Crippen LogP contribution is 2.21. The van der Waals surface area contributed by atoms with Crippen LogP contribution in [-0.2, 0) is 0 Å². The van der Waals surface area contributed by atoms with E-state index in [1.54, 1.807) is 0 Å². The number of carbonyl (C=O) groups excluding carboxylic acids is 1. The zero-order chi connectivity index (χ0) is 17.4. The van der Waals surface area contributed by atoms with Crippen LogP contribution < -0.4 is 15.5 Å². The third kappa shape index (κ3) is 5.71. The molecule has 24 heavy (non-hydrogen) atoms. The van der Waals surface area contributed by atoms with Crippen molar-refractivity contribution in [3.8, 4) is 0 Å². The number of nitrogens with one attached hydrogen (secondary N) is 2. The summed E-state index contributed by atoms with van der Waals surface area (Å²) in [5.41, 5.74) is 3.39. The second kappa shape index (κ2) is 9.52. The van der Waals surface area contributed by atoms with Gasteiger partial charge < -0.3 is 15.5 Å². The molecule has 2 amide bonds. The maximum Gasteiger partial charge on any atom is 0.319 e. The molecule has 0 spiro atoms. The Morgan fingerprint density at radius 1 is 1.38 bits per heavy atom. The van der Waals surface area contributed by atoms with Crippen LogP contribution in [0.25, 0.3) is 0 Å². The van der Waals surface area contributed by atoms with Crippen LogP contribution >= 0.6 is 15.9 Å². The molecule has 130 valence electrons. The quantitative estimate of drug-likeness (QED) is 0.751. The molecule has 1 aromatic carbocycles. The molecule has 0 atom stereocenters. The van der Waals surface area contributed by atoms with Gasteiger partial charge in [-0.25, -0.2) is 4.79 Å². The Hall–Kier alpha value is -1.75. The number of benzene rings is 1. The molecule has 0 aromatic heterocycles. The van der Waals surface area contributed by atoms with Gasteiger partial charge in [0, 0.05) is 35.5 Å². The second-order valence-electron chi connectivity index (χ2n) is 5.92. The molecule has 1 aliphatic carbocycles. The summed E-state index contributed by atoms with van der Waals surface area (Å²) in [5, 5.41) is 5.91. The molecule has 1 aromatic rings. The van der Waals surface area contributed by atoms with Gasteiger partial charge in [-0.3, -0.25) is 0 Å². The number of urea groups is 1. The monoisotopic (exact) mass is 391 g/mol. The lowest BCUT2D eigenvalue weighted by molar-refractivity contribution is 0.243. The van der Waals surface area contributed by atoms with E-state index in [0.717, 1.165) is 42.5 Å². The van der Waals surface area contributed by atoms with Crippen molar-refractivity contribution in [1.29, 1.82) is 0 Å². The Morgan fingerprint density at radius 3 is 2.96 bits per heavy atom. The fraction of sp³-hybridized carbons (Fsp3) is 0.421. The predicted octanol–water partition coefficient (Wildman–Crippen LogP) is 4.47. The smallest absolute Gasteiger partial charge is 0.319 e. The Bertz CT molecular complexity index is 625. The average molecular weight is 392 g/mol. The molecule has 4 nitrogen and oxygen atoms in total. The van der Waals surface area contributed by atoms with Crippen molar-refractivity contribution < 1.29 is 4.79 Å². The molecule has 0 aliphatic heterocycles. The van der Waals surface area contributed by atoms with Gasteiger partial charge in [-0.1, -0.05) is 24.3 Å². The van der Waals surface area contributed by atoms with E-state index in [4.69, 9.17) is 0 Å². The third-order valence-corrected chi connectivity index (χ3v) is 4.77. The summed E-state index contributed by atoms with van der Waals surface area (Å²) in [4.78, 5) is 14.4. The Morgan fingerprint density at radius 2 is 2.21 bits per heavy atom. The number of carbonyl (C=O) groups is 1. The topological polar surface area (TPSA) is 44.4 Å². The van der Waals surface area contributed by atoms with E-state index in [2.05, 4.69) is 75.7 Å². The maximum absolute atomic E-state index is 12.1. The van der Waals surface area contributed by atoms with E-state index in [1.165, 1.54) is 11.3 Å². The average Bonchev–Trinajstić information content (AvgIpc) is 2.76. The minimum atomic E-state index is -0.141. The van der Waals surface area contributed by atoms with Crippen LogP contribution in [0.2, 0.25) is 0 Å². The SMILES string of the molecule is CCN(CCNC(=O)NC1=C(Br)C=CCCC1)c1cccc(C)c1. The first-order valence-electron chi connectivity index (χ1n) is 8.52. The minimum absolute atomic E-state index is 0.141. The first kappa shape index (κ1) is 18.6. The molecule has 0 saturated carbocycles. The normalized spacial score (nSPS) is 14.3. The number of hydrogen-bond donors (Lipinski definition) is 2. The van der Waals surface area contributed by atoms with Gasteiger partial charge in [-0.15, -0.1) is 0 Å². The lowest BCUT2D eigenvalue weighted by atomic mass is 10.2. The Kier molecular flexibility index (Phi) is 7.37. The zero-order valence-corrected chi connectivity index (χ0v) is 16.0. The minimum Gasteiger partial charge on any atom is -0.370 e. The zero-order valence-electron chi connectivity index (χ0n) is 14.4. The van der Waals surface area contributed by atoms with E-state index in [0.29, 0.717) is 6.54 Å². The molecule has 2 N–H and O–H groups in total. The molecule has 1 aliphatic rings. The molecular weight excluding hydrogens is 366 g/mol. The van der Waals surface area contributed by atoms with E-state index >= 15 is 0 Å². The highest BCUT2D eigenvalue weighted by atomic mass is 79.9. The molecule has 2 rings (SSSR count). The summed E-state index contributed by atoms with van der Waals surface area (Å²) in [5.74, 6) is 0. The van der Waals surface area contributed by atoms with Crippen molar-refractivity contribution in [2.75, 3.05) is 24.5 Å². The molecule has 0 unspecified atom stereocenters. The van der Waals surface area contributed by atoms with Crippen molar-refractivity contribution >= 4 is 27.6 Å². The van der Waals surface area contributed by atoms with Crippen molar-refractivity contribution in [2.24, 2.45) is 0 Å². The van der Waals surface area contributed by atoms with Gasteiger partial charge in [-0.05, 0) is 66.7 Å². The molecule has 0 saturated heterocycles. The van der Waals surface area contributed by atoms with Crippen LogP contribution in [0.5, 0.6) is 0 Å². The molecule has 0 fully saturated rings. The van der Waals surface area contributed by atoms with Crippen LogP contribution in [0.3, 0.4) is 0 Å². The van der Waals surface area contributed by atoms with Gasteiger partial charge in [0.25, 0.3) is 0 Å². The standard InChI is InChI=1S/C19H26BrN3O/c1-3-23(16-9-7-8-15(2)14-16)13-12-21-19(24)22-18-11-6-4-5-10-17(18)20/h5,7-10,14H,3-4,6,11-13H2,1-2H3,(H2,21,22,24). The predicted molar refractivity (Wildman–Crippen MR) is 105 cm³/mol. The highest BCUT2D eigenvalue weighted by Gasteiger charge is 2.10. The van der Waals surface area contributed by atoms with Gasteiger partial charge in [0.05, 0.1) is 0 Å². The van der Waals surface area contributed by atoms with Crippen LogP contribution in [0.1, 0.15) is 31.7 Å². The molecule has 0 bridgehead atoms. The fourth-order valence-corrected chi connectivity index (χ4v) is 3.19. The van der Waals surface area contributed by atoms with E-state index in [9.17, 15) is 4.79 Å². The number of anilines is 1. The number of amides is 2. The van der Waals surface area contributed by atoms with Crippen molar-refractivity contribution in [3.63, 3.8) is 0 Å². The lowest BCUT2D eigenvalue weighted by Gasteiger charge is -2.23. The van der Waals surface area contributed by atoms with Gasteiger partial charge in [0.2, 0.25) is 0 Å². The van der Waals surface area contributed by atoms with Crippen LogP contribution in [0.4, 0.5) is 10.5 Å². The molecule has 5 heteroatoms. The molecular formula is C19H26BrN3O.